The molecule has 0 aliphatic rings. The minimum Gasteiger partial charge on any atom is -0.298 e. The lowest BCUT2D eigenvalue weighted by molar-refractivity contribution is -0.120. The Labute approximate surface area is 108 Å². The van der Waals surface area contributed by atoms with Crippen LogP contribution in [-0.2, 0) is 14.8 Å². The number of hydrogen-bond donors (Lipinski definition) is 1. The third-order valence-electron chi connectivity index (χ3n) is 2.70. The van der Waals surface area contributed by atoms with Gasteiger partial charge in [0.25, 0.3) is 0 Å². The quantitative estimate of drug-likeness (QED) is 0.886. The van der Waals surface area contributed by atoms with Gasteiger partial charge in [0.2, 0.25) is 10.0 Å². The van der Waals surface area contributed by atoms with E-state index in [2.05, 4.69) is 4.72 Å². The number of nitrogens with one attached hydrogen (secondary N) is 1. The van der Waals surface area contributed by atoms with Crippen molar-refractivity contribution in [3.8, 4) is 0 Å². The third kappa shape index (κ3) is 3.65. The van der Waals surface area contributed by atoms with Crippen LogP contribution in [0.1, 0.15) is 25.0 Å². The molecule has 1 aromatic rings. The van der Waals surface area contributed by atoms with Crippen LogP contribution in [0.5, 0.6) is 0 Å². The molecule has 0 spiro atoms. The van der Waals surface area contributed by atoms with Crippen LogP contribution in [0, 0.1) is 19.8 Å². The van der Waals surface area contributed by atoms with Crippen LogP contribution in [0.15, 0.2) is 23.1 Å². The Morgan fingerprint density at radius 2 is 1.89 bits per heavy atom. The summed E-state index contributed by atoms with van der Waals surface area (Å²) < 4.78 is 26.4. The molecular weight excluding hydrogens is 250 g/mol. The van der Waals surface area contributed by atoms with Crippen molar-refractivity contribution in [3.05, 3.63) is 29.3 Å². The van der Waals surface area contributed by atoms with E-state index in [0.717, 1.165) is 5.56 Å². The summed E-state index contributed by atoms with van der Waals surface area (Å²) in [7, 11) is -3.61. The fourth-order valence-electron chi connectivity index (χ4n) is 1.55. The number of carbonyl (C=O) groups is 1. The molecule has 5 heteroatoms. The maximum absolute atomic E-state index is 12.0. The van der Waals surface area contributed by atoms with Crippen molar-refractivity contribution in [2.24, 2.45) is 5.92 Å². The monoisotopic (exact) mass is 269 g/mol. The van der Waals surface area contributed by atoms with E-state index in [1.165, 1.54) is 0 Å². The highest BCUT2D eigenvalue weighted by Gasteiger charge is 2.18. The van der Waals surface area contributed by atoms with Crippen molar-refractivity contribution < 1.29 is 13.2 Å². The van der Waals surface area contributed by atoms with Gasteiger partial charge in [0, 0.05) is 5.92 Å². The molecule has 0 amide bonds. The third-order valence-corrected chi connectivity index (χ3v) is 4.26. The van der Waals surface area contributed by atoms with Gasteiger partial charge < -0.3 is 0 Å². The molecule has 1 N–H and O–H groups in total. The van der Waals surface area contributed by atoms with Crippen molar-refractivity contribution >= 4 is 15.8 Å². The summed E-state index contributed by atoms with van der Waals surface area (Å²) in [6.45, 7) is 6.97. The van der Waals surface area contributed by atoms with Gasteiger partial charge in [-0.2, -0.15) is 0 Å². The molecule has 1 aromatic carbocycles. The molecule has 18 heavy (non-hydrogen) atoms. The standard InChI is InChI=1S/C13H19NO3S/c1-9(2)12(15)8-14-18(16,17)13-6-5-10(3)7-11(13)4/h5-7,9,14H,8H2,1-4H3. The first-order valence-corrected chi connectivity index (χ1v) is 7.32. The molecule has 0 radical (unpaired) electrons. The van der Waals surface area contributed by atoms with Crippen LogP contribution in [0.3, 0.4) is 0 Å². The van der Waals surface area contributed by atoms with Crippen LogP contribution >= 0.6 is 0 Å². The van der Waals surface area contributed by atoms with E-state index in [9.17, 15) is 13.2 Å². The zero-order valence-corrected chi connectivity index (χ0v) is 12.0. The number of Topliss-reactive ketones (excluding diaryl/α,β-unsaturated/α-hetero) is 1. The van der Waals surface area contributed by atoms with Gasteiger partial charge in [-0.3, -0.25) is 4.79 Å². The van der Waals surface area contributed by atoms with Crippen LogP contribution in [0.4, 0.5) is 0 Å². The topological polar surface area (TPSA) is 63.2 Å². The molecule has 4 nitrogen and oxygen atoms in total. The second-order valence-corrected chi connectivity index (χ2v) is 6.45. The summed E-state index contributed by atoms with van der Waals surface area (Å²) in [4.78, 5) is 11.7. The maximum atomic E-state index is 12.0. The lowest BCUT2D eigenvalue weighted by atomic mass is 10.1. The van der Waals surface area contributed by atoms with Gasteiger partial charge in [0.1, 0.15) is 5.78 Å². The van der Waals surface area contributed by atoms with Gasteiger partial charge >= 0.3 is 0 Å². The molecule has 0 saturated heterocycles. The predicted molar refractivity (Wildman–Crippen MR) is 70.9 cm³/mol. The molecular formula is C13H19NO3S. The first kappa shape index (κ1) is 14.9. The van der Waals surface area contributed by atoms with Crippen molar-refractivity contribution in [1.29, 1.82) is 0 Å². The summed E-state index contributed by atoms with van der Waals surface area (Å²) in [5.74, 6) is -0.296. The highest BCUT2D eigenvalue weighted by atomic mass is 32.2. The molecule has 0 heterocycles. The number of benzene rings is 1. The molecule has 0 saturated carbocycles. The SMILES string of the molecule is Cc1ccc(S(=O)(=O)NCC(=O)C(C)C)c(C)c1. The van der Waals surface area contributed by atoms with E-state index in [1.807, 2.05) is 6.92 Å². The summed E-state index contributed by atoms with van der Waals surface area (Å²) in [6.07, 6.45) is 0. The summed E-state index contributed by atoms with van der Waals surface area (Å²) in [5, 5.41) is 0. The molecule has 1 rings (SSSR count). The van der Waals surface area contributed by atoms with Crippen LogP contribution in [-0.4, -0.2) is 20.7 Å². The Morgan fingerprint density at radius 3 is 2.39 bits per heavy atom. The van der Waals surface area contributed by atoms with Gasteiger partial charge in [-0.25, -0.2) is 13.1 Å². The number of hydrogen-bond acceptors (Lipinski definition) is 3. The Morgan fingerprint density at radius 1 is 1.28 bits per heavy atom. The number of rotatable bonds is 5. The average molecular weight is 269 g/mol. The number of aryl methyl sites for hydroxylation is 2. The highest BCUT2D eigenvalue weighted by molar-refractivity contribution is 7.89. The summed E-state index contributed by atoms with van der Waals surface area (Å²) in [6, 6.07) is 5.11. The van der Waals surface area contributed by atoms with Crippen molar-refractivity contribution in [2.45, 2.75) is 32.6 Å². The van der Waals surface area contributed by atoms with Gasteiger partial charge in [0.15, 0.2) is 0 Å². The fourth-order valence-corrected chi connectivity index (χ4v) is 2.77. The van der Waals surface area contributed by atoms with Crippen LogP contribution in [0.2, 0.25) is 0 Å². The number of carbonyl (C=O) groups excluding carboxylic acids is 1. The van der Waals surface area contributed by atoms with E-state index in [4.69, 9.17) is 0 Å². The van der Waals surface area contributed by atoms with E-state index < -0.39 is 10.0 Å². The van der Waals surface area contributed by atoms with Crippen molar-refractivity contribution in [3.63, 3.8) is 0 Å². The van der Waals surface area contributed by atoms with Gasteiger partial charge in [-0.15, -0.1) is 0 Å². The van der Waals surface area contributed by atoms with E-state index >= 15 is 0 Å². The summed E-state index contributed by atoms with van der Waals surface area (Å²) in [5.41, 5.74) is 1.68. The zero-order chi connectivity index (χ0) is 13.9. The molecule has 0 unspecified atom stereocenters. The van der Waals surface area contributed by atoms with E-state index in [1.54, 1.807) is 39.0 Å². The molecule has 0 aromatic heterocycles. The van der Waals surface area contributed by atoms with E-state index in [0.29, 0.717) is 5.56 Å². The Kier molecular flexibility index (Phi) is 4.65. The molecule has 100 valence electrons. The fraction of sp³-hybridized carbons (Fsp3) is 0.462. The zero-order valence-electron chi connectivity index (χ0n) is 11.1. The van der Waals surface area contributed by atoms with E-state index in [-0.39, 0.29) is 23.1 Å². The minimum absolute atomic E-state index is 0.122. The number of sulfonamides is 1. The maximum Gasteiger partial charge on any atom is 0.241 e. The second-order valence-electron chi connectivity index (χ2n) is 4.71. The largest absolute Gasteiger partial charge is 0.298 e. The molecule has 0 fully saturated rings. The van der Waals surface area contributed by atoms with Crippen molar-refractivity contribution in [2.75, 3.05) is 6.54 Å². The molecule has 0 bridgehead atoms. The Hall–Kier alpha value is -1.20. The minimum atomic E-state index is -3.61. The first-order chi connectivity index (χ1) is 8.24. The lowest BCUT2D eigenvalue weighted by Crippen LogP contribution is -2.32. The predicted octanol–water partition coefficient (Wildman–Crippen LogP) is 1.81. The Bertz CT molecular complexity index is 547. The number of ketones is 1. The Balaban J connectivity index is 2.90. The lowest BCUT2D eigenvalue weighted by Gasteiger charge is -2.10. The average Bonchev–Trinajstić information content (AvgIpc) is 2.25. The second kappa shape index (κ2) is 5.63. The normalized spacial score (nSPS) is 11.8. The highest BCUT2D eigenvalue weighted by Crippen LogP contribution is 2.16. The van der Waals surface area contributed by atoms with Crippen molar-refractivity contribution in [1.82, 2.24) is 4.72 Å². The van der Waals surface area contributed by atoms with Gasteiger partial charge in [0.05, 0.1) is 11.4 Å². The van der Waals surface area contributed by atoms with Crippen LogP contribution < -0.4 is 4.72 Å². The van der Waals surface area contributed by atoms with Gasteiger partial charge in [-0.05, 0) is 25.5 Å². The molecule has 0 aliphatic heterocycles. The van der Waals surface area contributed by atoms with Crippen LogP contribution in [0.25, 0.3) is 0 Å². The first-order valence-electron chi connectivity index (χ1n) is 5.83. The smallest absolute Gasteiger partial charge is 0.241 e. The molecule has 0 aliphatic carbocycles. The molecule has 0 atom stereocenters. The van der Waals surface area contributed by atoms with Gasteiger partial charge in [-0.1, -0.05) is 31.5 Å². The summed E-state index contributed by atoms with van der Waals surface area (Å²) >= 11 is 0.